The molecule has 0 amide bonds. The van der Waals surface area contributed by atoms with Gasteiger partial charge in [0.05, 0.1) is 5.60 Å². The number of benzene rings is 1. The van der Waals surface area contributed by atoms with Crippen molar-refractivity contribution in [2.45, 2.75) is 46.1 Å². The highest BCUT2D eigenvalue weighted by atomic mass is 79.9. The van der Waals surface area contributed by atoms with E-state index in [1.807, 2.05) is 37.3 Å². The molecule has 0 aliphatic heterocycles. The van der Waals surface area contributed by atoms with E-state index in [2.05, 4.69) is 49.4 Å². The first kappa shape index (κ1) is 17.2. The van der Waals surface area contributed by atoms with E-state index in [1.54, 1.807) is 0 Å². The highest BCUT2D eigenvalue weighted by Gasteiger charge is 2.41. The summed E-state index contributed by atoms with van der Waals surface area (Å²) >= 11 is 3.43. The van der Waals surface area contributed by atoms with Crippen LogP contribution in [0.1, 0.15) is 46.1 Å². The molecular weight excluding hydrogens is 312 g/mol. The van der Waals surface area contributed by atoms with Crippen LogP contribution in [0.5, 0.6) is 0 Å². The summed E-state index contributed by atoms with van der Waals surface area (Å²) in [6.45, 7) is 12.1. The van der Waals surface area contributed by atoms with Gasteiger partial charge in [0.15, 0.2) is 0 Å². The third-order valence-corrected chi connectivity index (χ3v) is 4.71. The zero-order valence-corrected chi connectivity index (χ0v) is 14.5. The average molecular weight is 337 g/mol. The molecule has 0 spiro atoms. The second kappa shape index (κ2) is 6.73. The van der Waals surface area contributed by atoms with Crippen molar-refractivity contribution in [1.82, 2.24) is 0 Å². The Labute approximate surface area is 131 Å². The standard InChI is InChI=1S/C18H25BrO/c1-6-17(4,13-7-8-14(2)3)18(5,20)15-9-11-16(19)12-10-15/h6,8-12,20H,1,7,13H2,2-5H3/t17-,18+/m0/s1. The number of halogens is 1. The van der Waals surface area contributed by atoms with E-state index in [-0.39, 0.29) is 5.41 Å². The maximum absolute atomic E-state index is 11.1. The first-order valence-corrected chi connectivity index (χ1v) is 7.77. The minimum absolute atomic E-state index is 0.368. The third-order valence-electron chi connectivity index (χ3n) is 4.19. The molecule has 0 saturated carbocycles. The van der Waals surface area contributed by atoms with Crippen molar-refractivity contribution in [2.75, 3.05) is 0 Å². The molecule has 2 atom stereocenters. The third kappa shape index (κ3) is 3.83. The van der Waals surface area contributed by atoms with Gasteiger partial charge in [-0.25, -0.2) is 0 Å². The van der Waals surface area contributed by atoms with Crippen molar-refractivity contribution in [1.29, 1.82) is 0 Å². The molecule has 0 saturated heterocycles. The Kier molecular flexibility index (Phi) is 5.79. The molecule has 2 heteroatoms. The molecule has 1 nitrogen and oxygen atoms in total. The fraction of sp³-hybridized carbons (Fsp3) is 0.444. The molecule has 1 aromatic rings. The largest absolute Gasteiger partial charge is 0.385 e. The molecule has 0 bridgehead atoms. The van der Waals surface area contributed by atoms with E-state index in [4.69, 9.17) is 0 Å². The van der Waals surface area contributed by atoms with Gasteiger partial charge in [-0.3, -0.25) is 0 Å². The molecule has 0 heterocycles. The molecule has 110 valence electrons. The average Bonchev–Trinajstić information content (AvgIpc) is 2.38. The van der Waals surface area contributed by atoms with Crippen LogP contribution in [0.2, 0.25) is 0 Å². The van der Waals surface area contributed by atoms with E-state index in [9.17, 15) is 5.11 Å². The van der Waals surface area contributed by atoms with Crippen molar-refractivity contribution in [3.05, 3.63) is 58.6 Å². The van der Waals surface area contributed by atoms with Gasteiger partial charge in [-0.05, 0) is 51.3 Å². The van der Waals surface area contributed by atoms with Crippen molar-refractivity contribution in [3.63, 3.8) is 0 Å². The van der Waals surface area contributed by atoms with Crippen LogP contribution in [0.3, 0.4) is 0 Å². The Morgan fingerprint density at radius 2 is 1.80 bits per heavy atom. The van der Waals surface area contributed by atoms with Gasteiger partial charge < -0.3 is 5.11 Å². The summed E-state index contributed by atoms with van der Waals surface area (Å²) in [7, 11) is 0. The van der Waals surface area contributed by atoms with Gasteiger partial charge in [-0.15, -0.1) is 6.58 Å². The zero-order valence-electron chi connectivity index (χ0n) is 12.9. The maximum atomic E-state index is 11.1. The Bertz CT molecular complexity index is 481. The van der Waals surface area contributed by atoms with Crippen molar-refractivity contribution < 1.29 is 5.11 Å². The highest BCUT2D eigenvalue weighted by Crippen LogP contribution is 2.44. The lowest BCUT2D eigenvalue weighted by Gasteiger charge is -2.41. The Balaban J connectivity index is 3.03. The molecule has 20 heavy (non-hydrogen) atoms. The van der Waals surface area contributed by atoms with Gasteiger partial charge in [0, 0.05) is 9.89 Å². The summed E-state index contributed by atoms with van der Waals surface area (Å²) in [6, 6.07) is 7.85. The van der Waals surface area contributed by atoms with Crippen molar-refractivity contribution in [2.24, 2.45) is 5.41 Å². The minimum atomic E-state index is -0.940. The van der Waals surface area contributed by atoms with E-state index in [0.29, 0.717) is 0 Å². The SMILES string of the molecule is C=C[C@@](C)(CCC=C(C)C)[C@](C)(O)c1ccc(Br)cc1. The predicted molar refractivity (Wildman–Crippen MR) is 90.7 cm³/mol. The summed E-state index contributed by atoms with van der Waals surface area (Å²) in [5.41, 5.74) is 0.914. The van der Waals surface area contributed by atoms with Crippen LogP contribution in [0.4, 0.5) is 0 Å². The van der Waals surface area contributed by atoms with Crippen LogP contribution in [0, 0.1) is 5.41 Å². The van der Waals surface area contributed by atoms with Gasteiger partial charge in [-0.1, -0.05) is 52.7 Å². The van der Waals surface area contributed by atoms with Crippen LogP contribution in [-0.2, 0) is 5.60 Å². The lowest BCUT2D eigenvalue weighted by Crippen LogP contribution is -2.40. The summed E-state index contributed by atoms with van der Waals surface area (Å²) in [6.07, 6.45) is 5.90. The minimum Gasteiger partial charge on any atom is -0.385 e. The Hall–Kier alpha value is -0.860. The number of allylic oxidation sites excluding steroid dienone is 2. The van der Waals surface area contributed by atoms with Crippen LogP contribution in [0.25, 0.3) is 0 Å². The zero-order chi connectivity index (χ0) is 15.4. The second-order valence-electron chi connectivity index (χ2n) is 6.02. The van der Waals surface area contributed by atoms with Gasteiger partial charge in [0.1, 0.15) is 0 Å². The predicted octanol–water partition coefficient (Wildman–Crippen LogP) is 5.60. The number of rotatable bonds is 6. The summed E-state index contributed by atoms with van der Waals surface area (Å²) in [5.74, 6) is 0. The van der Waals surface area contributed by atoms with E-state index < -0.39 is 5.60 Å². The molecular formula is C18H25BrO. The Morgan fingerprint density at radius 3 is 2.25 bits per heavy atom. The first-order chi connectivity index (χ1) is 9.23. The smallest absolute Gasteiger partial charge is 0.0956 e. The fourth-order valence-electron chi connectivity index (χ4n) is 2.31. The monoisotopic (exact) mass is 336 g/mol. The summed E-state index contributed by atoms with van der Waals surface area (Å²) < 4.78 is 1.02. The fourth-order valence-corrected chi connectivity index (χ4v) is 2.57. The van der Waals surface area contributed by atoms with E-state index >= 15 is 0 Å². The topological polar surface area (TPSA) is 20.2 Å². The number of aliphatic hydroxyl groups is 1. The molecule has 0 unspecified atom stereocenters. The van der Waals surface area contributed by atoms with Gasteiger partial charge in [0.25, 0.3) is 0 Å². The van der Waals surface area contributed by atoms with Gasteiger partial charge in [0.2, 0.25) is 0 Å². The molecule has 0 aliphatic rings. The molecule has 0 aromatic heterocycles. The second-order valence-corrected chi connectivity index (χ2v) is 6.94. The Morgan fingerprint density at radius 1 is 1.25 bits per heavy atom. The van der Waals surface area contributed by atoms with E-state index in [0.717, 1.165) is 22.9 Å². The van der Waals surface area contributed by atoms with Crippen LogP contribution in [-0.4, -0.2) is 5.11 Å². The lowest BCUT2D eigenvalue weighted by atomic mass is 9.68. The quantitative estimate of drug-likeness (QED) is 0.670. The molecule has 0 aliphatic carbocycles. The molecule has 0 fully saturated rings. The van der Waals surface area contributed by atoms with Crippen molar-refractivity contribution in [3.8, 4) is 0 Å². The molecule has 1 N–H and O–H groups in total. The lowest BCUT2D eigenvalue weighted by molar-refractivity contribution is -0.0440. The van der Waals surface area contributed by atoms with Gasteiger partial charge in [-0.2, -0.15) is 0 Å². The highest BCUT2D eigenvalue weighted by molar-refractivity contribution is 9.10. The molecule has 1 aromatic carbocycles. The number of hydrogen-bond acceptors (Lipinski definition) is 1. The summed E-state index contributed by atoms with van der Waals surface area (Å²) in [5, 5.41) is 11.1. The van der Waals surface area contributed by atoms with Crippen molar-refractivity contribution >= 4 is 15.9 Å². The van der Waals surface area contributed by atoms with Crippen LogP contribution >= 0.6 is 15.9 Å². The van der Waals surface area contributed by atoms with Gasteiger partial charge >= 0.3 is 0 Å². The normalized spacial score (nSPS) is 16.9. The number of hydrogen-bond donors (Lipinski definition) is 1. The summed E-state index contributed by atoms with van der Waals surface area (Å²) in [4.78, 5) is 0. The van der Waals surface area contributed by atoms with E-state index in [1.165, 1.54) is 5.57 Å². The molecule has 1 rings (SSSR count). The first-order valence-electron chi connectivity index (χ1n) is 6.98. The van der Waals surface area contributed by atoms with Crippen LogP contribution in [0.15, 0.2) is 53.0 Å². The molecule has 0 radical (unpaired) electrons. The van der Waals surface area contributed by atoms with Crippen LogP contribution < -0.4 is 0 Å². The maximum Gasteiger partial charge on any atom is 0.0956 e.